The summed E-state index contributed by atoms with van der Waals surface area (Å²) in [4.78, 5) is 0. The Balaban J connectivity index is 2.08. The maximum absolute atomic E-state index is 5.74. The van der Waals surface area contributed by atoms with Gasteiger partial charge >= 0.3 is 0 Å². The molecule has 0 saturated heterocycles. The molecule has 2 N–H and O–H groups in total. The Morgan fingerprint density at radius 3 is 3.18 bits per heavy atom. The maximum Gasteiger partial charge on any atom is 0.122 e. The number of fused-ring (bicyclic) bond motifs is 1. The molecule has 0 aliphatic carbocycles. The summed E-state index contributed by atoms with van der Waals surface area (Å²) < 4.78 is 7.31. The molecule has 3 rings (SSSR count). The molecule has 1 aliphatic heterocycles. The van der Waals surface area contributed by atoms with E-state index in [-0.39, 0.29) is 0 Å². The Labute approximate surface area is 100 Å². The summed E-state index contributed by atoms with van der Waals surface area (Å²) in [5.41, 5.74) is 10.2. The predicted octanol–water partition coefficient (Wildman–Crippen LogP) is 1.48. The maximum atomic E-state index is 5.74. The average Bonchev–Trinajstić information content (AvgIpc) is 2.93. The number of hydrogen-bond acceptors (Lipinski definition) is 3. The van der Waals surface area contributed by atoms with Crippen LogP contribution < -0.4 is 10.5 Å². The van der Waals surface area contributed by atoms with Gasteiger partial charge in [-0.2, -0.15) is 5.10 Å². The fraction of sp³-hybridized carbons (Fsp3) is 0.308. The number of ether oxygens (including phenoxy) is 1. The summed E-state index contributed by atoms with van der Waals surface area (Å²) in [5, 5.41) is 4.47. The molecular formula is C13H15N3O. The number of nitrogens with two attached hydrogens (primary N) is 1. The standard InChI is InChI=1S/C13H15N3O/c1-16-8-11(7-14)13(15-16)10-2-3-12-9(6-10)4-5-17-12/h2-3,6,8H,4-5,7,14H2,1H3. The summed E-state index contributed by atoms with van der Waals surface area (Å²) in [6.07, 6.45) is 2.95. The first-order valence-corrected chi connectivity index (χ1v) is 5.76. The molecule has 1 aliphatic rings. The van der Waals surface area contributed by atoms with E-state index in [1.807, 2.05) is 25.4 Å². The summed E-state index contributed by atoms with van der Waals surface area (Å²) in [6, 6.07) is 6.22. The van der Waals surface area contributed by atoms with Crippen LogP contribution in [-0.4, -0.2) is 16.4 Å². The van der Waals surface area contributed by atoms with E-state index in [1.165, 1.54) is 5.56 Å². The third-order valence-corrected chi connectivity index (χ3v) is 3.09. The Morgan fingerprint density at radius 1 is 1.47 bits per heavy atom. The molecule has 0 spiro atoms. The van der Waals surface area contributed by atoms with Crippen LogP contribution in [0, 0.1) is 0 Å². The molecule has 0 unspecified atom stereocenters. The topological polar surface area (TPSA) is 53.1 Å². The summed E-state index contributed by atoms with van der Waals surface area (Å²) in [5.74, 6) is 0.999. The van der Waals surface area contributed by atoms with Gasteiger partial charge in [0.1, 0.15) is 5.75 Å². The van der Waals surface area contributed by atoms with Crippen LogP contribution in [0.15, 0.2) is 24.4 Å². The van der Waals surface area contributed by atoms with Crippen LogP contribution in [0.25, 0.3) is 11.3 Å². The first-order chi connectivity index (χ1) is 8.28. The van der Waals surface area contributed by atoms with Crippen molar-refractivity contribution in [2.24, 2.45) is 12.8 Å². The fourth-order valence-corrected chi connectivity index (χ4v) is 2.26. The van der Waals surface area contributed by atoms with Gasteiger partial charge in [-0.3, -0.25) is 4.68 Å². The highest BCUT2D eigenvalue weighted by molar-refractivity contribution is 5.65. The first kappa shape index (κ1) is 10.4. The molecule has 0 fully saturated rings. The van der Waals surface area contributed by atoms with Crippen molar-refractivity contribution in [3.05, 3.63) is 35.5 Å². The molecule has 0 atom stereocenters. The van der Waals surface area contributed by atoms with Gasteiger partial charge in [0.05, 0.1) is 12.3 Å². The van der Waals surface area contributed by atoms with Crippen molar-refractivity contribution in [1.29, 1.82) is 0 Å². The van der Waals surface area contributed by atoms with Crippen molar-refractivity contribution in [3.63, 3.8) is 0 Å². The molecule has 0 bridgehead atoms. The van der Waals surface area contributed by atoms with Gasteiger partial charge < -0.3 is 10.5 Å². The summed E-state index contributed by atoms with van der Waals surface area (Å²) in [6.45, 7) is 1.29. The van der Waals surface area contributed by atoms with E-state index in [0.29, 0.717) is 6.54 Å². The van der Waals surface area contributed by atoms with Crippen LogP contribution in [0.2, 0.25) is 0 Å². The van der Waals surface area contributed by atoms with Crippen LogP contribution in [0.3, 0.4) is 0 Å². The minimum Gasteiger partial charge on any atom is -0.493 e. The van der Waals surface area contributed by atoms with Gasteiger partial charge in [0, 0.05) is 37.3 Å². The summed E-state index contributed by atoms with van der Waals surface area (Å²) in [7, 11) is 1.92. The lowest BCUT2D eigenvalue weighted by Crippen LogP contribution is -1.96. The number of hydrogen-bond donors (Lipinski definition) is 1. The molecule has 4 nitrogen and oxygen atoms in total. The quantitative estimate of drug-likeness (QED) is 0.848. The molecule has 0 saturated carbocycles. The molecule has 4 heteroatoms. The van der Waals surface area contributed by atoms with E-state index in [1.54, 1.807) is 4.68 Å². The molecule has 2 heterocycles. The minimum absolute atomic E-state index is 0.511. The van der Waals surface area contributed by atoms with Crippen molar-refractivity contribution in [2.75, 3.05) is 6.61 Å². The lowest BCUT2D eigenvalue weighted by Gasteiger charge is -2.03. The monoisotopic (exact) mass is 229 g/mol. The Kier molecular flexibility index (Phi) is 2.37. The molecule has 0 amide bonds. The van der Waals surface area contributed by atoms with Crippen molar-refractivity contribution in [2.45, 2.75) is 13.0 Å². The van der Waals surface area contributed by atoms with Crippen molar-refractivity contribution >= 4 is 0 Å². The second-order valence-electron chi connectivity index (χ2n) is 4.30. The van der Waals surface area contributed by atoms with Gasteiger partial charge in [-0.25, -0.2) is 0 Å². The van der Waals surface area contributed by atoms with Gasteiger partial charge in [0.25, 0.3) is 0 Å². The normalized spacial score (nSPS) is 13.5. The zero-order chi connectivity index (χ0) is 11.8. The van der Waals surface area contributed by atoms with Crippen molar-refractivity contribution in [3.8, 4) is 17.0 Å². The average molecular weight is 229 g/mol. The molecule has 1 aromatic heterocycles. The van der Waals surface area contributed by atoms with E-state index in [2.05, 4.69) is 11.2 Å². The number of rotatable bonds is 2. The summed E-state index contributed by atoms with van der Waals surface area (Å²) >= 11 is 0. The molecule has 17 heavy (non-hydrogen) atoms. The zero-order valence-corrected chi connectivity index (χ0v) is 9.81. The Morgan fingerprint density at radius 2 is 2.35 bits per heavy atom. The smallest absolute Gasteiger partial charge is 0.122 e. The van der Waals surface area contributed by atoms with E-state index < -0.39 is 0 Å². The molecule has 1 aromatic carbocycles. The second-order valence-corrected chi connectivity index (χ2v) is 4.30. The van der Waals surface area contributed by atoms with Gasteiger partial charge in [0.15, 0.2) is 0 Å². The van der Waals surface area contributed by atoms with E-state index in [0.717, 1.165) is 35.6 Å². The van der Waals surface area contributed by atoms with Crippen LogP contribution in [0.4, 0.5) is 0 Å². The van der Waals surface area contributed by atoms with Crippen molar-refractivity contribution < 1.29 is 4.74 Å². The highest BCUT2D eigenvalue weighted by atomic mass is 16.5. The number of aryl methyl sites for hydroxylation is 1. The fourth-order valence-electron chi connectivity index (χ4n) is 2.26. The molecular weight excluding hydrogens is 214 g/mol. The third-order valence-electron chi connectivity index (χ3n) is 3.09. The van der Waals surface area contributed by atoms with Crippen LogP contribution in [0.5, 0.6) is 5.75 Å². The van der Waals surface area contributed by atoms with Gasteiger partial charge in [-0.15, -0.1) is 0 Å². The molecule has 0 radical (unpaired) electrons. The number of benzene rings is 1. The van der Waals surface area contributed by atoms with Crippen LogP contribution >= 0.6 is 0 Å². The van der Waals surface area contributed by atoms with Crippen molar-refractivity contribution in [1.82, 2.24) is 9.78 Å². The van der Waals surface area contributed by atoms with Gasteiger partial charge in [0.2, 0.25) is 0 Å². The number of aromatic nitrogens is 2. The first-order valence-electron chi connectivity index (χ1n) is 5.76. The number of nitrogens with zero attached hydrogens (tertiary/aromatic N) is 2. The highest BCUT2D eigenvalue weighted by Gasteiger charge is 2.15. The predicted molar refractivity (Wildman–Crippen MR) is 65.7 cm³/mol. The third kappa shape index (κ3) is 1.70. The molecule has 2 aromatic rings. The van der Waals surface area contributed by atoms with E-state index in [4.69, 9.17) is 10.5 Å². The zero-order valence-electron chi connectivity index (χ0n) is 9.81. The molecule has 88 valence electrons. The Bertz CT molecular complexity index is 560. The lowest BCUT2D eigenvalue weighted by molar-refractivity contribution is 0.357. The van der Waals surface area contributed by atoms with Gasteiger partial charge in [-0.1, -0.05) is 0 Å². The second kappa shape index (κ2) is 3.89. The van der Waals surface area contributed by atoms with E-state index >= 15 is 0 Å². The highest BCUT2D eigenvalue weighted by Crippen LogP contribution is 2.31. The largest absolute Gasteiger partial charge is 0.493 e. The SMILES string of the molecule is Cn1cc(CN)c(-c2ccc3c(c2)CCO3)n1. The van der Waals surface area contributed by atoms with Gasteiger partial charge in [-0.05, 0) is 23.8 Å². The van der Waals surface area contributed by atoms with Crippen LogP contribution in [-0.2, 0) is 20.0 Å². The van der Waals surface area contributed by atoms with E-state index in [9.17, 15) is 0 Å². The minimum atomic E-state index is 0.511. The lowest BCUT2D eigenvalue weighted by atomic mass is 10.0. The van der Waals surface area contributed by atoms with Crippen LogP contribution in [0.1, 0.15) is 11.1 Å². The Hall–Kier alpha value is -1.81.